The summed E-state index contributed by atoms with van der Waals surface area (Å²) in [7, 11) is 0. The zero-order chi connectivity index (χ0) is 8.15. The molecule has 0 aliphatic carbocycles. The summed E-state index contributed by atoms with van der Waals surface area (Å²) in [5.41, 5.74) is 0. The van der Waals surface area contributed by atoms with Crippen molar-refractivity contribution in [2.45, 2.75) is 12.2 Å². The first kappa shape index (κ1) is 9.64. The molecule has 0 amide bonds. The highest BCUT2D eigenvalue weighted by atomic mass is 35.5. The minimum absolute atomic E-state index is 0.705. The second kappa shape index (κ2) is 4.45. The van der Waals surface area contributed by atoms with Crippen LogP contribution in [0.2, 0.25) is 0 Å². The third-order valence-corrected chi connectivity index (χ3v) is 1.07. The van der Waals surface area contributed by atoms with Gasteiger partial charge in [0.1, 0.15) is 6.10 Å². The number of aliphatic hydroxyl groups excluding tert-OH is 2. The molecule has 2 unspecified atom stereocenters. The van der Waals surface area contributed by atoms with E-state index in [-0.39, 0.29) is 0 Å². The Labute approximate surface area is 62.0 Å². The predicted molar refractivity (Wildman–Crippen MR) is 31.5 cm³/mol. The SMILES string of the molecule is O=C(O)C(OCl)C(O)CO. The topological polar surface area (TPSA) is 87.0 Å². The van der Waals surface area contributed by atoms with Crippen LogP contribution < -0.4 is 0 Å². The number of hydrogen-bond acceptors (Lipinski definition) is 4. The lowest BCUT2D eigenvalue weighted by Crippen LogP contribution is -2.36. The standard InChI is InChI=1S/C4H7ClO5/c5-10-3(4(8)9)2(7)1-6/h2-3,6-7H,1H2,(H,8,9). The molecule has 0 aromatic carbocycles. The summed E-state index contributed by atoms with van der Waals surface area (Å²) in [5.74, 6) is -1.42. The molecule has 5 nitrogen and oxygen atoms in total. The van der Waals surface area contributed by atoms with E-state index >= 15 is 0 Å². The van der Waals surface area contributed by atoms with Gasteiger partial charge in [0.15, 0.2) is 0 Å². The lowest BCUT2D eigenvalue weighted by Gasteiger charge is -2.12. The molecule has 0 aromatic heterocycles. The van der Waals surface area contributed by atoms with Gasteiger partial charge in [0.25, 0.3) is 0 Å². The Bertz CT molecular complexity index is 116. The van der Waals surface area contributed by atoms with Crippen molar-refractivity contribution in [3.63, 3.8) is 0 Å². The summed E-state index contributed by atoms with van der Waals surface area (Å²) in [6, 6.07) is 0. The van der Waals surface area contributed by atoms with Gasteiger partial charge in [-0.1, -0.05) is 0 Å². The smallest absolute Gasteiger partial charge is 0.337 e. The molecule has 6 heteroatoms. The van der Waals surface area contributed by atoms with E-state index in [1.165, 1.54) is 0 Å². The average Bonchev–Trinajstić information content (AvgIpc) is 1.88. The maximum absolute atomic E-state index is 10.1. The highest BCUT2D eigenvalue weighted by molar-refractivity contribution is 6.08. The first-order valence-electron chi connectivity index (χ1n) is 2.42. The Morgan fingerprint density at radius 3 is 2.30 bits per heavy atom. The first-order valence-corrected chi connectivity index (χ1v) is 2.73. The van der Waals surface area contributed by atoms with Crippen LogP contribution >= 0.6 is 11.9 Å². The van der Waals surface area contributed by atoms with Crippen molar-refractivity contribution in [3.05, 3.63) is 0 Å². The van der Waals surface area contributed by atoms with Gasteiger partial charge in [-0.25, -0.2) is 4.79 Å². The molecule has 2 atom stereocenters. The molecule has 3 N–H and O–H groups in total. The number of hydrogen-bond donors (Lipinski definition) is 3. The molecule has 0 saturated carbocycles. The average molecular weight is 171 g/mol. The number of aliphatic hydroxyl groups is 2. The fourth-order valence-electron chi connectivity index (χ4n) is 0.358. The van der Waals surface area contributed by atoms with E-state index < -0.39 is 24.8 Å². The molecule has 0 bridgehead atoms. The van der Waals surface area contributed by atoms with Gasteiger partial charge in [0, 0.05) is 0 Å². The summed E-state index contributed by atoms with van der Waals surface area (Å²) in [6.07, 6.45) is -3.07. The highest BCUT2D eigenvalue weighted by Gasteiger charge is 2.26. The second-order valence-corrected chi connectivity index (χ2v) is 1.78. The molecule has 10 heavy (non-hydrogen) atoms. The largest absolute Gasteiger partial charge is 0.479 e. The van der Waals surface area contributed by atoms with Crippen molar-refractivity contribution in [2.75, 3.05) is 6.61 Å². The minimum Gasteiger partial charge on any atom is -0.479 e. The summed E-state index contributed by atoms with van der Waals surface area (Å²) >= 11 is 4.68. The van der Waals surface area contributed by atoms with Crippen LogP contribution in [-0.4, -0.2) is 40.1 Å². The molecular formula is C4H7ClO5. The number of carboxylic acid groups (broad SMARTS) is 1. The van der Waals surface area contributed by atoms with Gasteiger partial charge in [-0.05, 0) is 0 Å². The van der Waals surface area contributed by atoms with Crippen LogP contribution in [0.5, 0.6) is 0 Å². The number of carbonyl (C=O) groups is 1. The lowest BCUT2D eigenvalue weighted by molar-refractivity contribution is -0.151. The molecule has 0 aliphatic rings. The van der Waals surface area contributed by atoms with Crippen molar-refractivity contribution in [3.8, 4) is 0 Å². The second-order valence-electron chi connectivity index (χ2n) is 1.60. The molecule has 0 rings (SSSR count). The van der Waals surface area contributed by atoms with E-state index in [0.717, 1.165) is 0 Å². The van der Waals surface area contributed by atoms with E-state index in [2.05, 4.69) is 16.2 Å². The van der Waals surface area contributed by atoms with Gasteiger partial charge in [0.05, 0.1) is 18.5 Å². The molecule has 0 spiro atoms. The van der Waals surface area contributed by atoms with E-state index in [9.17, 15) is 4.79 Å². The quantitative estimate of drug-likeness (QED) is 0.502. The molecule has 0 aliphatic heterocycles. The molecule has 0 saturated heterocycles. The third-order valence-electron chi connectivity index (χ3n) is 0.876. The van der Waals surface area contributed by atoms with Gasteiger partial charge in [-0.15, -0.1) is 0 Å². The highest BCUT2D eigenvalue weighted by Crippen LogP contribution is 2.01. The number of halogens is 1. The maximum atomic E-state index is 10.1. The Kier molecular flexibility index (Phi) is 4.29. The van der Waals surface area contributed by atoms with Crippen LogP contribution in [0.25, 0.3) is 0 Å². The Morgan fingerprint density at radius 1 is 1.70 bits per heavy atom. The van der Waals surface area contributed by atoms with Crippen LogP contribution in [0.15, 0.2) is 0 Å². The molecular weight excluding hydrogens is 163 g/mol. The number of aliphatic carboxylic acids is 1. The predicted octanol–water partition coefficient (Wildman–Crippen LogP) is -1.04. The van der Waals surface area contributed by atoms with E-state index in [1.807, 2.05) is 0 Å². The van der Waals surface area contributed by atoms with Gasteiger partial charge in [-0.3, -0.25) is 4.29 Å². The van der Waals surface area contributed by atoms with Crippen LogP contribution in [-0.2, 0) is 9.08 Å². The number of rotatable bonds is 4. The summed E-state index contributed by atoms with van der Waals surface area (Å²) < 4.78 is 3.83. The first-order chi connectivity index (χ1) is 4.63. The van der Waals surface area contributed by atoms with E-state index in [4.69, 9.17) is 15.3 Å². The maximum Gasteiger partial charge on any atom is 0.337 e. The van der Waals surface area contributed by atoms with Gasteiger partial charge >= 0.3 is 5.97 Å². The normalized spacial score (nSPS) is 16.3. The minimum atomic E-state index is -1.58. The molecule has 0 radical (unpaired) electrons. The van der Waals surface area contributed by atoms with Gasteiger partial charge in [-0.2, -0.15) is 0 Å². The summed E-state index contributed by atoms with van der Waals surface area (Å²) in [4.78, 5) is 10.1. The fourth-order valence-corrected chi connectivity index (χ4v) is 0.553. The van der Waals surface area contributed by atoms with Gasteiger partial charge < -0.3 is 15.3 Å². The van der Waals surface area contributed by atoms with E-state index in [1.54, 1.807) is 0 Å². The molecule has 60 valence electrons. The van der Waals surface area contributed by atoms with Gasteiger partial charge in [0.2, 0.25) is 6.10 Å². The van der Waals surface area contributed by atoms with Crippen molar-refractivity contribution in [1.29, 1.82) is 0 Å². The molecule has 0 heterocycles. The van der Waals surface area contributed by atoms with Crippen LogP contribution in [0.1, 0.15) is 0 Å². The summed E-state index contributed by atoms with van der Waals surface area (Å²) in [5, 5.41) is 25.1. The van der Waals surface area contributed by atoms with Crippen LogP contribution in [0.3, 0.4) is 0 Å². The van der Waals surface area contributed by atoms with Crippen LogP contribution in [0.4, 0.5) is 0 Å². The zero-order valence-electron chi connectivity index (χ0n) is 4.90. The summed E-state index contributed by atoms with van der Waals surface area (Å²) in [6.45, 7) is -0.705. The van der Waals surface area contributed by atoms with Crippen molar-refractivity contribution in [2.24, 2.45) is 0 Å². The Hall–Kier alpha value is -0.360. The molecule has 0 aromatic rings. The zero-order valence-corrected chi connectivity index (χ0v) is 5.65. The molecule has 0 fully saturated rings. The van der Waals surface area contributed by atoms with Crippen molar-refractivity contribution >= 4 is 17.8 Å². The third kappa shape index (κ3) is 2.49. The Morgan fingerprint density at radius 2 is 2.20 bits per heavy atom. The van der Waals surface area contributed by atoms with E-state index in [0.29, 0.717) is 0 Å². The fraction of sp³-hybridized carbons (Fsp3) is 0.750. The van der Waals surface area contributed by atoms with Crippen molar-refractivity contribution < 1.29 is 24.4 Å². The Balaban J connectivity index is 3.92. The monoisotopic (exact) mass is 170 g/mol. The van der Waals surface area contributed by atoms with Crippen molar-refractivity contribution in [1.82, 2.24) is 0 Å². The van der Waals surface area contributed by atoms with Crippen LogP contribution in [0, 0.1) is 0 Å². The lowest BCUT2D eigenvalue weighted by atomic mass is 10.2. The number of carboxylic acids is 1.